The fourth-order valence-electron chi connectivity index (χ4n) is 1.72. The van der Waals surface area contributed by atoms with E-state index in [1.807, 2.05) is 0 Å². The van der Waals surface area contributed by atoms with Gasteiger partial charge in [-0.25, -0.2) is 9.37 Å². The Morgan fingerprint density at radius 1 is 1.44 bits per heavy atom. The van der Waals surface area contributed by atoms with Gasteiger partial charge in [0.2, 0.25) is 5.89 Å². The van der Waals surface area contributed by atoms with E-state index in [0.29, 0.717) is 34.8 Å². The van der Waals surface area contributed by atoms with Gasteiger partial charge in [-0.05, 0) is 31.0 Å². The van der Waals surface area contributed by atoms with Crippen LogP contribution in [0.1, 0.15) is 18.7 Å². The van der Waals surface area contributed by atoms with E-state index >= 15 is 0 Å². The molecule has 94 valence electrons. The Labute approximate surface area is 109 Å². The minimum absolute atomic E-state index is 0.327. The molecule has 2 aromatic rings. The van der Waals surface area contributed by atoms with Crippen molar-refractivity contribution in [1.29, 1.82) is 0 Å². The molecule has 1 aromatic heterocycles. The first-order valence-electron chi connectivity index (χ1n) is 5.86. The number of hydrogen-bond donors (Lipinski definition) is 1. The average molecular weight is 267 g/mol. The molecule has 0 radical (unpaired) electrons. The molecule has 1 aromatic carbocycles. The van der Waals surface area contributed by atoms with Gasteiger partial charge in [0.25, 0.3) is 0 Å². The van der Waals surface area contributed by atoms with E-state index in [4.69, 9.17) is 16.0 Å². The Bertz CT molecular complexity index is 566. The number of rotatable bonds is 4. The minimum Gasteiger partial charge on any atom is -0.439 e. The Balaban J connectivity index is 1.78. The van der Waals surface area contributed by atoms with Crippen molar-refractivity contribution < 1.29 is 8.81 Å². The highest BCUT2D eigenvalue weighted by Gasteiger charge is 2.21. The predicted molar refractivity (Wildman–Crippen MR) is 66.8 cm³/mol. The van der Waals surface area contributed by atoms with Gasteiger partial charge in [-0.15, -0.1) is 0 Å². The molecule has 1 saturated carbocycles. The van der Waals surface area contributed by atoms with E-state index in [1.54, 1.807) is 12.3 Å². The normalized spacial score (nSPS) is 15.0. The largest absolute Gasteiger partial charge is 0.439 e. The summed E-state index contributed by atoms with van der Waals surface area (Å²) in [4.78, 5) is 4.17. The van der Waals surface area contributed by atoms with Crippen molar-refractivity contribution in [3.63, 3.8) is 0 Å². The van der Waals surface area contributed by atoms with Crippen molar-refractivity contribution in [3.8, 4) is 11.3 Å². The number of nitrogens with zero attached hydrogens (tertiary/aromatic N) is 1. The Kier molecular flexibility index (Phi) is 3.06. The Hall–Kier alpha value is -1.39. The van der Waals surface area contributed by atoms with Gasteiger partial charge >= 0.3 is 0 Å². The van der Waals surface area contributed by atoms with Gasteiger partial charge < -0.3 is 9.73 Å². The van der Waals surface area contributed by atoms with E-state index in [2.05, 4.69) is 10.3 Å². The van der Waals surface area contributed by atoms with Crippen LogP contribution < -0.4 is 5.32 Å². The predicted octanol–water partition coefficient (Wildman–Crippen LogP) is 3.39. The van der Waals surface area contributed by atoms with Crippen molar-refractivity contribution >= 4 is 11.6 Å². The number of benzene rings is 1. The first-order chi connectivity index (χ1) is 8.72. The van der Waals surface area contributed by atoms with Gasteiger partial charge in [-0.1, -0.05) is 11.6 Å². The number of aromatic nitrogens is 1. The molecule has 3 nitrogen and oxygen atoms in total. The summed E-state index contributed by atoms with van der Waals surface area (Å²) >= 11 is 5.97. The molecule has 5 heteroatoms. The van der Waals surface area contributed by atoms with E-state index in [1.165, 1.54) is 25.0 Å². The molecule has 1 fully saturated rings. The summed E-state index contributed by atoms with van der Waals surface area (Å²) in [6, 6.07) is 4.82. The summed E-state index contributed by atoms with van der Waals surface area (Å²) in [7, 11) is 0. The number of halogens is 2. The van der Waals surface area contributed by atoms with Gasteiger partial charge in [0, 0.05) is 11.6 Å². The molecule has 0 atom stereocenters. The van der Waals surface area contributed by atoms with E-state index in [0.717, 1.165) is 0 Å². The smallest absolute Gasteiger partial charge is 0.208 e. The molecule has 1 aliphatic carbocycles. The molecule has 0 spiro atoms. The summed E-state index contributed by atoms with van der Waals surface area (Å²) in [5, 5.41) is 3.64. The van der Waals surface area contributed by atoms with Crippen LogP contribution in [0.4, 0.5) is 4.39 Å². The summed E-state index contributed by atoms with van der Waals surface area (Å²) in [6.07, 6.45) is 4.05. The Morgan fingerprint density at radius 2 is 2.28 bits per heavy atom. The van der Waals surface area contributed by atoms with Crippen molar-refractivity contribution in [2.45, 2.75) is 25.4 Å². The van der Waals surface area contributed by atoms with Crippen LogP contribution in [0.2, 0.25) is 5.02 Å². The molecular weight excluding hydrogens is 255 g/mol. The van der Waals surface area contributed by atoms with Gasteiger partial charge in [0.15, 0.2) is 5.76 Å². The molecule has 0 aliphatic heterocycles. The fraction of sp³-hybridized carbons (Fsp3) is 0.308. The monoisotopic (exact) mass is 266 g/mol. The topological polar surface area (TPSA) is 38.1 Å². The molecule has 1 N–H and O–H groups in total. The number of nitrogens with one attached hydrogen (secondary N) is 1. The van der Waals surface area contributed by atoms with E-state index in [-0.39, 0.29) is 5.82 Å². The van der Waals surface area contributed by atoms with E-state index in [9.17, 15) is 4.39 Å². The first-order valence-corrected chi connectivity index (χ1v) is 6.23. The molecule has 3 rings (SSSR count). The lowest BCUT2D eigenvalue weighted by atomic mass is 10.2. The second-order valence-corrected chi connectivity index (χ2v) is 4.80. The zero-order valence-corrected chi connectivity index (χ0v) is 10.4. The number of hydrogen-bond acceptors (Lipinski definition) is 3. The maximum atomic E-state index is 12.9. The van der Waals surface area contributed by atoms with Crippen LogP contribution >= 0.6 is 11.6 Å². The third-order valence-electron chi connectivity index (χ3n) is 2.87. The number of oxazole rings is 1. The SMILES string of the molecule is Fc1ccc(-c2cnc(CNC3CC3)o2)c(Cl)c1. The summed E-state index contributed by atoms with van der Waals surface area (Å²) < 4.78 is 18.5. The lowest BCUT2D eigenvalue weighted by Gasteiger charge is -2.00. The minimum atomic E-state index is -0.362. The van der Waals surface area contributed by atoms with Crippen LogP contribution in [0.25, 0.3) is 11.3 Å². The molecule has 1 aliphatic rings. The maximum absolute atomic E-state index is 12.9. The Morgan fingerprint density at radius 3 is 3.00 bits per heavy atom. The van der Waals surface area contributed by atoms with E-state index < -0.39 is 0 Å². The molecule has 0 unspecified atom stereocenters. The van der Waals surface area contributed by atoms with Crippen molar-refractivity contribution in [2.75, 3.05) is 0 Å². The third-order valence-corrected chi connectivity index (χ3v) is 3.18. The van der Waals surface area contributed by atoms with Gasteiger partial charge in [0.05, 0.1) is 17.8 Å². The van der Waals surface area contributed by atoms with Crippen LogP contribution in [0, 0.1) is 5.82 Å². The highest BCUT2D eigenvalue weighted by atomic mass is 35.5. The molecule has 0 amide bonds. The second kappa shape index (κ2) is 4.71. The van der Waals surface area contributed by atoms with Crippen molar-refractivity contribution in [2.24, 2.45) is 0 Å². The van der Waals surface area contributed by atoms with Crippen LogP contribution in [0.15, 0.2) is 28.8 Å². The van der Waals surface area contributed by atoms with Gasteiger partial charge in [-0.2, -0.15) is 0 Å². The van der Waals surface area contributed by atoms with Crippen molar-refractivity contribution in [3.05, 3.63) is 41.1 Å². The summed E-state index contributed by atoms with van der Waals surface area (Å²) in [5.74, 6) is 0.823. The zero-order valence-electron chi connectivity index (χ0n) is 9.62. The van der Waals surface area contributed by atoms with Crippen LogP contribution in [0.5, 0.6) is 0 Å². The van der Waals surface area contributed by atoms with Gasteiger partial charge in [0.1, 0.15) is 5.82 Å². The lowest BCUT2D eigenvalue weighted by molar-refractivity contribution is 0.476. The summed E-state index contributed by atoms with van der Waals surface area (Å²) in [6.45, 7) is 0.615. The quantitative estimate of drug-likeness (QED) is 0.922. The second-order valence-electron chi connectivity index (χ2n) is 4.40. The molecular formula is C13H12ClFN2O. The van der Waals surface area contributed by atoms with Crippen molar-refractivity contribution in [1.82, 2.24) is 10.3 Å². The van der Waals surface area contributed by atoms with Crippen LogP contribution in [-0.2, 0) is 6.54 Å². The lowest BCUT2D eigenvalue weighted by Crippen LogP contribution is -2.15. The average Bonchev–Trinajstić information content (AvgIpc) is 3.05. The maximum Gasteiger partial charge on any atom is 0.208 e. The highest BCUT2D eigenvalue weighted by Crippen LogP contribution is 2.29. The standard InChI is InChI=1S/C13H12ClFN2O/c14-11-5-8(15)1-4-10(11)12-6-17-13(18-12)7-16-9-2-3-9/h1,4-6,9,16H,2-3,7H2. The highest BCUT2D eigenvalue weighted by molar-refractivity contribution is 6.33. The molecule has 1 heterocycles. The zero-order chi connectivity index (χ0) is 12.5. The molecule has 0 bridgehead atoms. The molecule has 18 heavy (non-hydrogen) atoms. The third kappa shape index (κ3) is 2.54. The van der Waals surface area contributed by atoms with Crippen LogP contribution in [-0.4, -0.2) is 11.0 Å². The molecule has 0 saturated heterocycles. The van der Waals surface area contributed by atoms with Crippen LogP contribution in [0.3, 0.4) is 0 Å². The fourth-order valence-corrected chi connectivity index (χ4v) is 1.99. The first kappa shape index (κ1) is 11.7. The van der Waals surface area contributed by atoms with Gasteiger partial charge in [-0.3, -0.25) is 0 Å². The summed E-state index contributed by atoms with van der Waals surface area (Å²) in [5.41, 5.74) is 0.656.